The summed E-state index contributed by atoms with van der Waals surface area (Å²) in [5.41, 5.74) is 1.99. The molecule has 0 spiro atoms. The first-order chi connectivity index (χ1) is 8.97. The molecule has 19 heavy (non-hydrogen) atoms. The molecule has 0 saturated carbocycles. The van der Waals surface area contributed by atoms with E-state index in [0.717, 1.165) is 5.56 Å². The van der Waals surface area contributed by atoms with Gasteiger partial charge in [-0.15, -0.1) is 0 Å². The van der Waals surface area contributed by atoms with Gasteiger partial charge >= 0.3 is 0 Å². The Balaban J connectivity index is 2.25. The molecule has 2 aromatic carbocycles. The molecule has 5 heteroatoms. The fourth-order valence-corrected chi connectivity index (χ4v) is 2.08. The van der Waals surface area contributed by atoms with E-state index in [0.29, 0.717) is 19.8 Å². The van der Waals surface area contributed by atoms with Gasteiger partial charge in [-0.05, 0) is 65.4 Å². The Morgan fingerprint density at radius 1 is 1.26 bits per heavy atom. The lowest BCUT2D eigenvalue weighted by Gasteiger charge is -2.09. The van der Waals surface area contributed by atoms with E-state index in [1.807, 2.05) is 35.6 Å². The van der Waals surface area contributed by atoms with Crippen molar-refractivity contribution in [2.24, 2.45) is 0 Å². The zero-order chi connectivity index (χ0) is 14.0. The van der Waals surface area contributed by atoms with Crippen LogP contribution < -0.4 is 5.32 Å². The van der Waals surface area contributed by atoms with Crippen molar-refractivity contribution >= 4 is 45.8 Å². The Morgan fingerprint density at radius 2 is 2.00 bits per heavy atom. The van der Waals surface area contributed by atoms with Crippen molar-refractivity contribution in [3.05, 3.63) is 56.1 Å². The Morgan fingerprint density at radius 3 is 2.68 bits per heavy atom. The third-order valence-electron chi connectivity index (χ3n) is 2.66. The predicted molar refractivity (Wildman–Crippen MR) is 85.0 cm³/mol. The lowest BCUT2D eigenvalue weighted by atomic mass is 10.1. The van der Waals surface area contributed by atoms with Gasteiger partial charge < -0.3 is 10.4 Å². The summed E-state index contributed by atoms with van der Waals surface area (Å²) in [5.74, 6) is -0.187. The first kappa shape index (κ1) is 14.1. The Bertz CT molecular complexity index is 643. The summed E-state index contributed by atoms with van der Waals surface area (Å²) in [6.45, 7) is 1.89. The molecule has 0 aromatic heterocycles. The molecular weight excluding hydrogens is 377 g/mol. The van der Waals surface area contributed by atoms with E-state index in [-0.39, 0.29) is 11.7 Å². The van der Waals surface area contributed by atoms with E-state index in [9.17, 15) is 9.90 Å². The fourth-order valence-electron chi connectivity index (χ4n) is 1.58. The average molecular weight is 388 g/mol. The minimum atomic E-state index is -0.280. The number of carbonyl (C=O) groups excluding carboxylic acids is 1. The molecule has 0 heterocycles. The molecule has 3 nitrogen and oxygen atoms in total. The van der Waals surface area contributed by atoms with Gasteiger partial charge in [-0.3, -0.25) is 4.79 Å². The summed E-state index contributed by atoms with van der Waals surface area (Å²) in [6.07, 6.45) is 0. The first-order valence-electron chi connectivity index (χ1n) is 5.53. The Labute approximate surface area is 129 Å². The number of aromatic hydroxyl groups is 1. The standard InChI is InChI=1S/C14H11ClINO2/c1-8-2-4-10(15)7-12(8)17-14(19)9-3-5-11(16)13(18)6-9/h2-7,18H,1H3,(H,17,19). The molecule has 2 rings (SSSR count). The molecule has 0 aliphatic heterocycles. The molecule has 2 aromatic rings. The Hall–Kier alpha value is -1.27. The van der Waals surface area contributed by atoms with Gasteiger partial charge in [0.2, 0.25) is 0 Å². The van der Waals surface area contributed by atoms with Crippen LogP contribution in [-0.4, -0.2) is 11.0 Å². The van der Waals surface area contributed by atoms with Crippen molar-refractivity contribution in [2.45, 2.75) is 6.92 Å². The van der Waals surface area contributed by atoms with Crippen LogP contribution in [0.4, 0.5) is 5.69 Å². The molecule has 0 atom stereocenters. The number of nitrogens with one attached hydrogen (secondary N) is 1. The highest BCUT2D eigenvalue weighted by atomic mass is 127. The van der Waals surface area contributed by atoms with Crippen LogP contribution in [-0.2, 0) is 0 Å². The van der Waals surface area contributed by atoms with Crippen LogP contribution >= 0.6 is 34.2 Å². The van der Waals surface area contributed by atoms with Gasteiger partial charge in [-0.2, -0.15) is 0 Å². The van der Waals surface area contributed by atoms with Crippen LogP contribution in [0.25, 0.3) is 0 Å². The molecule has 0 bridgehead atoms. The van der Waals surface area contributed by atoms with Crippen LogP contribution in [0.15, 0.2) is 36.4 Å². The molecule has 1 amide bonds. The van der Waals surface area contributed by atoms with Crippen molar-refractivity contribution in [2.75, 3.05) is 5.32 Å². The number of phenols is 1. The minimum Gasteiger partial charge on any atom is -0.507 e. The highest BCUT2D eigenvalue weighted by Crippen LogP contribution is 2.23. The van der Waals surface area contributed by atoms with E-state index in [1.165, 1.54) is 6.07 Å². The fraction of sp³-hybridized carbons (Fsp3) is 0.0714. The molecule has 98 valence electrons. The molecule has 0 aliphatic carbocycles. The molecule has 0 fully saturated rings. The summed E-state index contributed by atoms with van der Waals surface area (Å²) in [5, 5.41) is 12.9. The summed E-state index contributed by atoms with van der Waals surface area (Å²) in [7, 11) is 0. The molecule has 0 aliphatic rings. The number of anilines is 1. The molecule has 0 unspecified atom stereocenters. The predicted octanol–water partition coefficient (Wildman–Crippen LogP) is 4.21. The highest BCUT2D eigenvalue weighted by molar-refractivity contribution is 14.1. The SMILES string of the molecule is Cc1ccc(Cl)cc1NC(=O)c1ccc(I)c(O)c1. The lowest BCUT2D eigenvalue weighted by Crippen LogP contribution is -2.12. The summed E-state index contributed by atoms with van der Waals surface area (Å²) in [6, 6.07) is 10.1. The van der Waals surface area contributed by atoms with Crippen LogP contribution in [0.2, 0.25) is 5.02 Å². The zero-order valence-electron chi connectivity index (χ0n) is 10.1. The van der Waals surface area contributed by atoms with Crippen LogP contribution in [0.1, 0.15) is 15.9 Å². The normalized spacial score (nSPS) is 10.3. The van der Waals surface area contributed by atoms with Gasteiger partial charge in [0.05, 0.1) is 3.57 Å². The van der Waals surface area contributed by atoms with Crippen molar-refractivity contribution < 1.29 is 9.90 Å². The van der Waals surface area contributed by atoms with Gasteiger partial charge in [0.1, 0.15) is 5.75 Å². The minimum absolute atomic E-state index is 0.0936. The van der Waals surface area contributed by atoms with Gasteiger partial charge in [-0.25, -0.2) is 0 Å². The molecule has 0 radical (unpaired) electrons. The van der Waals surface area contributed by atoms with Gasteiger partial charge in [0.15, 0.2) is 0 Å². The maximum Gasteiger partial charge on any atom is 0.255 e. The van der Waals surface area contributed by atoms with Gasteiger partial charge in [-0.1, -0.05) is 17.7 Å². The molecule has 2 N–H and O–H groups in total. The van der Waals surface area contributed by atoms with E-state index in [4.69, 9.17) is 11.6 Å². The number of hydrogen-bond donors (Lipinski definition) is 2. The second-order valence-electron chi connectivity index (χ2n) is 4.08. The van der Waals surface area contributed by atoms with Crippen molar-refractivity contribution in [1.82, 2.24) is 0 Å². The van der Waals surface area contributed by atoms with E-state index < -0.39 is 0 Å². The second kappa shape index (κ2) is 5.79. The quantitative estimate of drug-likeness (QED) is 0.758. The number of halogens is 2. The number of benzene rings is 2. The zero-order valence-corrected chi connectivity index (χ0v) is 13.0. The third-order valence-corrected chi connectivity index (χ3v) is 3.80. The van der Waals surface area contributed by atoms with Crippen molar-refractivity contribution in [3.63, 3.8) is 0 Å². The number of rotatable bonds is 2. The maximum atomic E-state index is 12.1. The Kier molecular flexibility index (Phi) is 4.31. The smallest absolute Gasteiger partial charge is 0.255 e. The summed E-state index contributed by atoms with van der Waals surface area (Å²) in [4.78, 5) is 12.1. The largest absolute Gasteiger partial charge is 0.507 e. The number of hydrogen-bond acceptors (Lipinski definition) is 2. The van der Waals surface area contributed by atoms with E-state index >= 15 is 0 Å². The van der Waals surface area contributed by atoms with Crippen molar-refractivity contribution in [1.29, 1.82) is 0 Å². The number of carbonyl (C=O) groups is 1. The first-order valence-corrected chi connectivity index (χ1v) is 6.99. The maximum absolute atomic E-state index is 12.1. The topological polar surface area (TPSA) is 49.3 Å². The van der Waals surface area contributed by atoms with Crippen molar-refractivity contribution in [3.8, 4) is 5.75 Å². The monoisotopic (exact) mass is 387 g/mol. The third kappa shape index (κ3) is 3.39. The number of aryl methyl sites for hydroxylation is 1. The van der Waals surface area contributed by atoms with Gasteiger partial charge in [0.25, 0.3) is 5.91 Å². The van der Waals surface area contributed by atoms with E-state index in [1.54, 1.807) is 24.3 Å². The van der Waals surface area contributed by atoms with Crippen LogP contribution in [0.3, 0.4) is 0 Å². The number of amides is 1. The van der Waals surface area contributed by atoms with Crippen LogP contribution in [0, 0.1) is 10.5 Å². The highest BCUT2D eigenvalue weighted by Gasteiger charge is 2.10. The molecular formula is C14H11ClINO2. The second-order valence-corrected chi connectivity index (χ2v) is 5.68. The number of phenolic OH excluding ortho intramolecular Hbond substituents is 1. The summed E-state index contributed by atoms with van der Waals surface area (Å²) >= 11 is 7.90. The van der Waals surface area contributed by atoms with E-state index in [2.05, 4.69) is 5.32 Å². The summed E-state index contributed by atoms with van der Waals surface area (Å²) < 4.78 is 0.702. The molecule has 0 saturated heterocycles. The average Bonchev–Trinajstić information content (AvgIpc) is 2.37. The lowest BCUT2D eigenvalue weighted by molar-refractivity contribution is 0.102. The van der Waals surface area contributed by atoms with Gasteiger partial charge in [0, 0.05) is 16.3 Å². The van der Waals surface area contributed by atoms with Crippen LogP contribution in [0.5, 0.6) is 5.75 Å².